The Morgan fingerprint density at radius 2 is 1.86 bits per heavy atom. The maximum Gasteiger partial charge on any atom is 0.223 e. The minimum atomic E-state index is 0.135. The SMILES string of the molecule is CC.CC(CO)C[C@H]1CCC(=O)N([C@@H](C)c2ccccc2)C1. The molecular weight excluding hydrogens is 274 g/mol. The van der Waals surface area contributed by atoms with Gasteiger partial charge in [-0.25, -0.2) is 0 Å². The van der Waals surface area contributed by atoms with Crippen LogP contribution in [-0.4, -0.2) is 29.1 Å². The lowest BCUT2D eigenvalue weighted by Crippen LogP contribution is -2.42. The van der Waals surface area contributed by atoms with Crippen LogP contribution in [0.1, 0.15) is 58.6 Å². The first-order valence-electron chi connectivity index (χ1n) is 8.57. The van der Waals surface area contributed by atoms with Crippen molar-refractivity contribution in [3.8, 4) is 0 Å². The summed E-state index contributed by atoms with van der Waals surface area (Å²) < 4.78 is 0. The third-order valence-electron chi connectivity index (χ3n) is 4.34. The fraction of sp³-hybridized carbons (Fsp3) is 0.632. The van der Waals surface area contributed by atoms with Crippen LogP contribution >= 0.6 is 0 Å². The van der Waals surface area contributed by atoms with Crippen LogP contribution in [0, 0.1) is 11.8 Å². The van der Waals surface area contributed by atoms with Crippen molar-refractivity contribution in [1.29, 1.82) is 0 Å². The van der Waals surface area contributed by atoms with E-state index in [1.807, 2.05) is 36.9 Å². The lowest BCUT2D eigenvalue weighted by molar-refractivity contribution is -0.137. The van der Waals surface area contributed by atoms with Gasteiger partial charge in [-0.2, -0.15) is 0 Å². The third kappa shape index (κ3) is 5.13. The highest BCUT2D eigenvalue weighted by Crippen LogP contribution is 2.30. The molecule has 1 aliphatic rings. The molecule has 3 heteroatoms. The van der Waals surface area contributed by atoms with Gasteiger partial charge in [0.15, 0.2) is 0 Å². The summed E-state index contributed by atoms with van der Waals surface area (Å²) in [6.45, 7) is 9.23. The molecule has 1 aromatic carbocycles. The highest BCUT2D eigenvalue weighted by molar-refractivity contribution is 5.77. The first-order valence-corrected chi connectivity index (χ1v) is 8.57. The summed E-state index contributed by atoms with van der Waals surface area (Å²) in [5.74, 6) is 1.09. The van der Waals surface area contributed by atoms with E-state index in [1.54, 1.807) is 0 Å². The fourth-order valence-electron chi connectivity index (χ4n) is 3.06. The van der Waals surface area contributed by atoms with Gasteiger partial charge in [0.1, 0.15) is 0 Å². The molecule has 1 fully saturated rings. The lowest BCUT2D eigenvalue weighted by atomic mass is 9.88. The topological polar surface area (TPSA) is 40.5 Å². The quantitative estimate of drug-likeness (QED) is 0.892. The molecule has 0 aliphatic carbocycles. The molecule has 1 aromatic rings. The van der Waals surface area contributed by atoms with Crippen molar-refractivity contribution in [3.05, 3.63) is 35.9 Å². The monoisotopic (exact) mass is 305 g/mol. The number of amides is 1. The summed E-state index contributed by atoms with van der Waals surface area (Å²) in [5.41, 5.74) is 1.19. The standard InChI is InChI=1S/C17H25NO2.C2H6/c1-13(12-19)10-15-8-9-17(20)18(11-15)14(2)16-6-4-3-5-7-16;1-2/h3-7,13-15,19H,8-12H2,1-2H3;1-2H3/t13?,14-,15+;/m0./s1. The first kappa shape index (κ1) is 18.7. The molecular formula is C19H31NO2. The second-order valence-corrected chi connectivity index (χ2v) is 6.06. The van der Waals surface area contributed by atoms with Crippen molar-refractivity contribution in [3.63, 3.8) is 0 Å². The van der Waals surface area contributed by atoms with Crippen molar-refractivity contribution in [1.82, 2.24) is 4.90 Å². The van der Waals surface area contributed by atoms with E-state index >= 15 is 0 Å². The number of aliphatic hydroxyl groups is 1. The zero-order chi connectivity index (χ0) is 16.5. The predicted molar refractivity (Wildman–Crippen MR) is 91.5 cm³/mol. The normalized spacial score (nSPS) is 20.9. The van der Waals surface area contributed by atoms with Crippen LogP contribution in [0.25, 0.3) is 0 Å². The zero-order valence-corrected chi connectivity index (χ0v) is 14.5. The highest BCUT2D eigenvalue weighted by atomic mass is 16.3. The molecule has 1 heterocycles. The van der Waals surface area contributed by atoms with Crippen LogP contribution in [0.3, 0.4) is 0 Å². The Hall–Kier alpha value is -1.35. The van der Waals surface area contributed by atoms with Crippen LogP contribution in [0.2, 0.25) is 0 Å². The van der Waals surface area contributed by atoms with E-state index in [9.17, 15) is 9.90 Å². The molecule has 22 heavy (non-hydrogen) atoms. The molecule has 1 aliphatic heterocycles. The van der Waals surface area contributed by atoms with Crippen molar-refractivity contribution >= 4 is 5.91 Å². The maximum absolute atomic E-state index is 12.2. The minimum Gasteiger partial charge on any atom is -0.396 e. The zero-order valence-electron chi connectivity index (χ0n) is 14.5. The number of carbonyl (C=O) groups is 1. The Labute approximate surface area is 135 Å². The van der Waals surface area contributed by atoms with E-state index < -0.39 is 0 Å². The van der Waals surface area contributed by atoms with Gasteiger partial charge < -0.3 is 10.0 Å². The van der Waals surface area contributed by atoms with Gasteiger partial charge in [-0.15, -0.1) is 0 Å². The van der Waals surface area contributed by atoms with Crippen LogP contribution in [0.5, 0.6) is 0 Å². The number of aliphatic hydroxyl groups excluding tert-OH is 1. The smallest absolute Gasteiger partial charge is 0.223 e. The first-order chi connectivity index (χ1) is 10.6. The average molecular weight is 305 g/mol. The summed E-state index contributed by atoms with van der Waals surface area (Å²) in [6.07, 6.45) is 2.60. The van der Waals surface area contributed by atoms with Gasteiger partial charge in [0, 0.05) is 19.6 Å². The number of carbonyl (C=O) groups excluding carboxylic acids is 1. The highest BCUT2D eigenvalue weighted by Gasteiger charge is 2.30. The van der Waals surface area contributed by atoms with E-state index in [1.165, 1.54) is 5.56 Å². The second-order valence-electron chi connectivity index (χ2n) is 6.06. The lowest BCUT2D eigenvalue weighted by Gasteiger charge is -2.37. The maximum atomic E-state index is 12.2. The van der Waals surface area contributed by atoms with Gasteiger partial charge in [-0.05, 0) is 37.2 Å². The number of nitrogens with zero attached hydrogens (tertiary/aromatic N) is 1. The molecule has 0 radical (unpaired) electrons. The van der Waals surface area contributed by atoms with Crippen molar-refractivity contribution in [2.24, 2.45) is 11.8 Å². The molecule has 0 saturated carbocycles. The molecule has 1 saturated heterocycles. The molecule has 3 atom stereocenters. The van der Waals surface area contributed by atoms with E-state index in [0.29, 0.717) is 18.3 Å². The van der Waals surface area contributed by atoms with Crippen molar-refractivity contribution < 1.29 is 9.90 Å². The number of likely N-dealkylation sites (tertiary alicyclic amines) is 1. The molecule has 1 N–H and O–H groups in total. The number of benzene rings is 1. The number of piperidine rings is 1. The van der Waals surface area contributed by atoms with E-state index in [0.717, 1.165) is 19.4 Å². The summed E-state index contributed by atoms with van der Waals surface area (Å²) in [5, 5.41) is 9.19. The van der Waals surface area contributed by atoms with E-state index in [4.69, 9.17) is 0 Å². The second kappa shape index (κ2) is 9.62. The van der Waals surface area contributed by atoms with Gasteiger partial charge in [0.2, 0.25) is 5.91 Å². The summed E-state index contributed by atoms with van der Waals surface area (Å²) in [4.78, 5) is 14.2. The number of hydrogen-bond donors (Lipinski definition) is 1. The fourth-order valence-corrected chi connectivity index (χ4v) is 3.06. The summed E-state index contributed by atoms with van der Waals surface area (Å²) in [7, 11) is 0. The summed E-state index contributed by atoms with van der Waals surface area (Å²) >= 11 is 0. The molecule has 1 amide bonds. The largest absolute Gasteiger partial charge is 0.396 e. The van der Waals surface area contributed by atoms with Gasteiger partial charge in [-0.1, -0.05) is 51.1 Å². The van der Waals surface area contributed by atoms with E-state index in [2.05, 4.69) is 26.0 Å². The molecule has 2 rings (SSSR count). The molecule has 3 nitrogen and oxygen atoms in total. The molecule has 0 spiro atoms. The Bertz CT molecular complexity index is 432. The van der Waals surface area contributed by atoms with Crippen LogP contribution < -0.4 is 0 Å². The molecule has 0 aromatic heterocycles. The Morgan fingerprint density at radius 1 is 1.23 bits per heavy atom. The number of hydrogen-bond acceptors (Lipinski definition) is 2. The Morgan fingerprint density at radius 3 is 2.45 bits per heavy atom. The minimum absolute atomic E-state index is 0.135. The van der Waals surface area contributed by atoms with Crippen molar-refractivity contribution in [2.75, 3.05) is 13.2 Å². The molecule has 1 unspecified atom stereocenters. The van der Waals surface area contributed by atoms with Crippen molar-refractivity contribution in [2.45, 2.75) is 53.0 Å². The van der Waals surface area contributed by atoms with Gasteiger partial charge >= 0.3 is 0 Å². The molecule has 124 valence electrons. The van der Waals surface area contributed by atoms with Gasteiger partial charge in [-0.3, -0.25) is 4.79 Å². The summed E-state index contributed by atoms with van der Waals surface area (Å²) in [6, 6.07) is 10.3. The van der Waals surface area contributed by atoms with Crippen LogP contribution in [0.4, 0.5) is 0 Å². The average Bonchev–Trinajstić information content (AvgIpc) is 2.58. The number of rotatable bonds is 5. The van der Waals surface area contributed by atoms with Crippen LogP contribution in [-0.2, 0) is 4.79 Å². The molecule has 0 bridgehead atoms. The van der Waals surface area contributed by atoms with Gasteiger partial charge in [0.05, 0.1) is 6.04 Å². The van der Waals surface area contributed by atoms with E-state index in [-0.39, 0.29) is 18.6 Å². The predicted octanol–water partition coefficient (Wildman–Crippen LogP) is 4.03. The Kier molecular flexibility index (Phi) is 8.18. The third-order valence-corrected chi connectivity index (χ3v) is 4.34. The van der Waals surface area contributed by atoms with Gasteiger partial charge in [0.25, 0.3) is 0 Å². The van der Waals surface area contributed by atoms with Crippen LogP contribution in [0.15, 0.2) is 30.3 Å². The Balaban J connectivity index is 0.00000116.